The van der Waals surface area contributed by atoms with E-state index in [4.69, 9.17) is 0 Å². The lowest BCUT2D eigenvalue weighted by Gasteiger charge is -2.28. The summed E-state index contributed by atoms with van der Waals surface area (Å²) >= 11 is 0. The lowest BCUT2D eigenvalue weighted by Crippen LogP contribution is -2.57. The highest BCUT2D eigenvalue weighted by Crippen LogP contribution is 2.20. The summed E-state index contributed by atoms with van der Waals surface area (Å²) in [4.78, 5) is 0. The molecule has 0 saturated carbocycles. The Hall–Kier alpha value is -4.29. The molecule has 0 saturated heterocycles. The van der Waals surface area contributed by atoms with E-state index in [1.807, 2.05) is 0 Å². The predicted molar refractivity (Wildman–Crippen MR) is 216 cm³/mol. The molecule has 0 aliphatic rings. The van der Waals surface area contributed by atoms with E-state index >= 15 is 0 Å². The van der Waals surface area contributed by atoms with Crippen LogP contribution < -0.4 is 32.8 Å². The highest BCUT2D eigenvalue weighted by atomic mass is 14.2. The summed E-state index contributed by atoms with van der Waals surface area (Å²) in [6.07, 6.45) is 0. The van der Waals surface area contributed by atoms with Crippen molar-refractivity contribution in [1.29, 1.82) is 0 Å². The molecule has 6 aromatic rings. The summed E-state index contributed by atoms with van der Waals surface area (Å²) in [7, 11) is 0. The Morgan fingerprint density at radius 3 is 0.708 bits per heavy atom. The maximum absolute atomic E-state index is 2.40. The lowest BCUT2D eigenvalue weighted by molar-refractivity contribution is 1.34. The van der Waals surface area contributed by atoms with Crippen molar-refractivity contribution in [1.82, 2.24) is 0 Å². The van der Waals surface area contributed by atoms with Gasteiger partial charge in [0.15, 0.2) is 0 Å². The topological polar surface area (TPSA) is 0 Å². The molecular formula is C46H50B2. The molecule has 0 heterocycles. The van der Waals surface area contributed by atoms with Crippen molar-refractivity contribution in [2.75, 3.05) is 0 Å². The van der Waals surface area contributed by atoms with Crippen LogP contribution >= 0.6 is 0 Å². The van der Waals surface area contributed by atoms with Crippen molar-refractivity contribution in [3.63, 3.8) is 0 Å². The fraction of sp³-hybridized carbons (Fsp3) is 0.261. The van der Waals surface area contributed by atoms with Crippen molar-refractivity contribution in [3.05, 3.63) is 152 Å². The van der Waals surface area contributed by atoms with Crippen LogP contribution in [0.5, 0.6) is 0 Å². The van der Waals surface area contributed by atoms with Crippen molar-refractivity contribution in [3.8, 4) is 0 Å². The molecule has 0 radical (unpaired) electrons. The van der Waals surface area contributed by atoms with Crippen LogP contribution in [-0.2, 0) is 0 Å². The van der Waals surface area contributed by atoms with Crippen LogP contribution in [0.3, 0.4) is 0 Å². The Morgan fingerprint density at radius 2 is 0.500 bits per heavy atom. The second kappa shape index (κ2) is 13.0. The van der Waals surface area contributed by atoms with Crippen molar-refractivity contribution in [2.24, 2.45) is 0 Å². The van der Waals surface area contributed by atoms with E-state index in [1.54, 1.807) is 0 Å². The van der Waals surface area contributed by atoms with Crippen molar-refractivity contribution >= 4 is 57.0 Å². The number of rotatable bonds is 6. The van der Waals surface area contributed by atoms with E-state index < -0.39 is 0 Å². The number of fused-ring (bicyclic) bond motifs is 1. The Kier molecular flexibility index (Phi) is 9.08. The smallest absolute Gasteiger partial charge is 0.0663 e. The van der Waals surface area contributed by atoms with Gasteiger partial charge in [0.05, 0.1) is 0 Å². The van der Waals surface area contributed by atoms with Gasteiger partial charge in [-0.2, -0.15) is 0 Å². The average Bonchev–Trinajstić information content (AvgIpc) is 2.97. The monoisotopic (exact) mass is 624 g/mol. The van der Waals surface area contributed by atoms with Crippen LogP contribution in [0.25, 0.3) is 10.8 Å². The van der Waals surface area contributed by atoms with Gasteiger partial charge in [0.25, 0.3) is 0 Å². The highest BCUT2D eigenvalue weighted by Gasteiger charge is 2.33. The van der Waals surface area contributed by atoms with Crippen LogP contribution in [-0.4, -0.2) is 13.4 Å². The fourth-order valence-electron chi connectivity index (χ4n) is 9.36. The number of aryl methyl sites for hydroxylation is 12. The maximum Gasteiger partial charge on any atom is 0.243 e. The van der Waals surface area contributed by atoms with E-state index in [-0.39, 0.29) is 13.4 Å². The van der Waals surface area contributed by atoms with Gasteiger partial charge in [-0.15, -0.1) is 0 Å². The molecule has 0 N–H and O–H groups in total. The van der Waals surface area contributed by atoms with Gasteiger partial charge in [0.1, 0.15) is 0 Å². The third kappa shape index (κ3) is 5.96. The Balaban J connectivity index is 1.73. The summed E-state index contributed by atoms with van der Waals surface area (Å²) in [6, 6.07) is 33.1. The summed E-state index contributed by atoms with van der Waals surface area (Å²) < 4.78 is 0. The van der Waals surface area contributed by atoms with Gasteiger partial charge in [-0.1, -0.05) is 184 Å². The first kappa shape index (κ1) is 33.6. The minimum atomic E-state index is 0.120. The van der Waals surface area contributed by atoms with E-state index in [0.717, 1.165) is 0 Å². The largest absolute Gasteiger partial charge is 0.243 e. The van der Waals surface area contributed by atoms with E-state index in [9.17, 15) is 0 Å². The van der Waals surface area contributed by atoms with Gasteiger partial charge in [-0.25, -0.2) is 0 Å². The first-order chi connectivity index (χ1) is 22.8. The van der Waals surface area contributed by atoms with E-state index in [0.29, 0.717) is 0 Å². The Bertz CT molecular complexity index is 1850. The van der Waals surface area contributed by atoms with Crippen LogP contribution in [0.4, 0.5) is 0 Å². The van der Waals surface area contributed by atoms with Gasteiger partial charge in [0.2, 0.25) is 13.4 Å². The molecular weight excluding hydrogens is 574 g/mol. The quantitative estimate of drug-likeness (QED) is 0.168. The van der Waals surface area contributed by atoms with Crippen molar-refractivity contribution in [2.45, 2.75) is 83.1 Å². The third-order valence-electron chi connectivity index (χ3n) is 10.7. The molecule has 0 aromatic heterocycles. The fourth-order valence-corrected chi connectivity index (χ4v) is 9.36. The molecule has 0 atom stereocenters. The first-order valence-corrected chi connectivity index (χ1v) is 17.6. The molecule has 2 heteroatoms. The molecule has 0 fully saturated rings. The Labute approximate surface area is 290 Å². The zero-order chi connectivity index (χ0) is 34.6. The van der Waals surface area contributed by atoms with Crippen LogP contribution in [0.1, 0.15) is 66.8 Å². The molecule has 48 heavy (non-hydrogen) atoms. The zero-order valence-corrected chi connectivity index (χ0v) is 31.2. The summed E-state index contributed by atoms with van der Waals surface area (Å²) in [5.74, 6) is 0. The second-order valence-corrected chi connectivity index (χ2v) is 14.9. The molecule has 0 unspecified atom stereocenters. The number of benzene rings is 6. The van der Waals surface area contributed by atoms with Crippen LogP contribution in [0.15, 0.2) is 84.9 Å². The summed E-state index contributed by atoms with van der Waals surface area (Å²) in [6.45, 7) is 27.6. The summed E-state index contributed by atoms with van der Waals surface area (Å²) in [5.41, 5.74) is 24.7. The minimum Gasteiger partial charge on any atom is -0.0663 e. The summed E-state index contributed by atoms with van der Waals surface area (Å²) in [5, 5.41) is 2.68. The van der Waals surface area contributed by atoms with Gasteiger partial charge in [-0.3, -0.25) is 0 Å². The van der Waals surface area contributed by atoms with Gasteiger partial charge >= 0.3 is 0 Å². The molecule has 0 aliphatic carbocycles. The minimum absolute atomic E-state index is 0.120. The molecule has 6 aromatic carbocycles. The highest BCUT2D eigenvalue weighted by molar-refractivity contribution is 6.99. The second-order valence-electron chi connectivity index (χ2n) is 14.9. The maximum atomic E-state index is 2.40. The standard InChI is InChI=1S/C46H50B2/c1-27-19-31(5)43(32(6)20-27)47(44-33(7)21-28(2)22-34(44)8)41-17-13-16-40-39(41)15-14-18-42(40)48(45-35(9)23-29(3)24-36(45)10)46-37(11)25-30(4)26-38(46)12/h13-26H,1-12H3. The molecule has 6 rings (SSSR count). The SMILES string of the molecule is Cc1cc(C)c(B(c2c(C)cc(C)cc2C)c2cccc3c(B(c4c(C)cc(C)cc4C)c4c(C)cc(C)cc4C)cccc23)c(C)c1. The number of hydrogen-bond donors (Lipinski definition) is 0. The lowest BCUT2D eigenvalue weighted by atomic mass is 9.32. The van der Waals surface area contributed by atoms with Gasteiger partial charge < -0.3 is 0 Å². The Morgan fingerprint density at radius 1 is 0.292 bits per heavy atom. The van der Waals surface area contributed by atoms with Crippen LogP contribution in [0.2, 0.25) is 0 Å². The van der Waals surface area contributed by atoms with Gasteiger partial charge in [-0.05, 0) is 93.9 Å². The first-order valence-electron chi connectivity index (χ1n) is 17.6. The van der Waals surface area contributed by atoms with Crippen molar-refractivity contribution < 1.29 is 0 Å². The normalized spacial score (nSPS) is 11.3. The number of hydrogen-bond acceptors (Lipinski definition) is 0. The predicted octanol–water partition coefficient (Wildman–Crippen LogP) is 7.57. The zero-order valence-electron chi connectivity index (χ0n) is 31.2. The molecule has 0 nitrogen and oxygen atoms in total. The molecule has 0 amide bonds. The van der Waals surface area contributed by atoms with Gasteiger partial charge in [0, 0.05) is 0 Å². The van der Waals surface area contributed by atoms with E-state index in [2.05, 4.69) is 168 Å². The molecule has 0 spiro atoms. The molecule has 240 valence electrons. The molecule has 0 aliphatic heterocycles. The molecule has 0 bridgehead atoms. The third-order valence-corrected chi connectivity index (χ3v) is 10.7. The van der Waals surface area contributed by atoms with E-state index in [1.165, 1.54) is 110 Å². The average molecular weight is 625 g/mol. The van der Waals surface area contributed by atoms with Crippen LogP contribution in [0, 0.1) is 83.1 Å².